The van der Waals surface area contributed by atoms with E-state index in [2.05, 4.69) is 30.6 Å². The summed E-state index contributed by atoms with van der Waals surface area (Å²) in [6.45, 7) is 7.28. The SMILES string of the molecule is CCCC(CN)CNCc1sccc1CC. The number of hydrogen-bond donors (Lipinski definition) is 2. The average molecular weight is 240 g/mol. The van der Waals surface area contributed by atoms with Gasteiger partial charge >= 0.3 is 0 Å². The fourth-order valence-electron chi connectivity index (χ4n) is 1.94. The second-order valence-corrected chi connectivity index (χ2v) is 5.24. The lowest BCUT2D eigenvalue weighted by atomic mass is 10.0. The van der Waals surface area contributed by atoms with Gasteiger partial charge in [0.25, 0.3) is 0 Å². The number of hydrogen-bond acceptors (Lipinski definition) is 3. The number of rotatable bonds is 8. The Kier molecular flexibility index (Phi) is 6.69. The highest BCUT2D eigenvalue weighted by Gasteiger charge is 2.06. The predicted octanol–water partition coefficient (Wildman–Crippen LogP) is 2.78. The Morgan fingerprint density at radius 1 is 1.44 bits per heavy atom. The Labute approximate surface area is 103 Å². The molecule has 1 aromatic heterocycles. The standard InChI is InChI=1S/C13H24N2S/c1-3-5-11(8-14)9-15-10-13-12(4-2)6-7-16-13/h6-7,11,15H,3-5,8-10,14H2,1-2H3. The van der Waals surface area contributed by atoms with Crippen LogP contribution in [0.15, 0.2) is 11.4 Å². The Hall–Kier alpha value is -0.380. The van der Waals surface area contributed by atoms with Crippen LogP contribution < -0.4 is 11.1 Å². The van der Waals surface area contributed by atoms with Crippen molar-refractivity contribution in [3.63, 3.8) is 0 Å². The van der Waals surface area contributed by atoms with E-state index in [1.54, 1.807) is 0 Å². The van der Waals surface area contributed by atoms with Crippen LogP contribution in [0.4, 0.5) is 0 Å². The highest BCUT2D eigenvalue weighted by Crippen LogP contribution is 2.17. The molecule has 16 heavy (non-hydrogen) atoms. The van der Waals surface area contributed by atoms with Crippen LogP contribution in [0.25, 0.3) is 0 Å². The minimum Gasteiger partial charge on any atom is -0.330 e. The molecule has 3 N–H and O–H groups in total. The summed E-state index contributed by atoms with van der Waals surface area (Å²) in [4.78, 5) is 1.48. The molecule has 0 fully saturated rings. The number of nitrogens with one attached hydrogen (secondary N) is 1. The first kappa shape index (κ1) is 13.7. The van der Waals surface area contributed by atoms with Crippen molar-refractivity contribution in [3.8, 4) is 0 Å². The third-order valence-electron chi connectivity index (χ3n) is 2.97. The largest absolute Gasteiger partial charge is 0.330 e. The molecule has 1 aromatic rings. The van der Waals surface area contributed by atoms with Gasteiger partial charge in [0.15, 0.2) is 0 Å². The molecule has 1 heterocycles. The first-order chi connectivity index (χ1) is 7.81. The minimum absolute atomic E-state index is 0.634. The molecule has 1 unspecified atom stereocenters. The summed E-state index contributed by atoms with van der Waals surface area (Å²) in [5.41, 5.74) is 7.22. The van der Waals surface area contributed by atoms with Gasteiger partial charge in [-0.05, 0) is 48.9 Å². The molecule has 0 amide bonds. The third-order valence-corrected chi connectivity index (χ3v) is 3.93. The lowest BCUT2D eigenvalue weighted by molar-refractivity contribution is 0.450. The van der Waals surface area contributed by atoms with Gasteiger partial charge in [-0.1, -0.05) is 20.3 Å². The van der Waals surface area contributed by atoms with Gasteiger partial charge in [-0.3, -0.25) is 0 Å². The molecule has 0 radical (unpaired) electrons. The normalized spacial score (nSPS) is 12.9. The van der Waals surface area contributed by atoms with Crippen LogP contribution in [0.5, 0.6) is 0 Å². The second-order valence-electron chi connectivity index (χ2n) is 4.24. The second kappa shape index (κ2) is 7.82. The zero-order valence-corrected chi connectivity index (χ0v) is 11.3. The zero-order chi connectivity index (χ0) is 11.8. The van der Waals surface area contributed by atoms with Gasteiger partial charge in [-0.2, -0.15) is 0 Å². The molecule has 0 saturated heterocycles. The van der Waals surface area contributed by atoms with E-state index in [-0.39, 0.29) is 0 Å². The van der Waals surface area contributed by atoms with Gasteiger partial charge < -0.3 is 11.1 Å². The summed E-state index contributed by atoms with van der Waals surface area (Å²) >= 11 is 1.85. The van der Waals surface area contributed by atoms with Crippen molar-refractivity contribution in [3.05, 3.63) is 21.9 Å². The monoisotopic (exact) mass is 240 g/mol. The van der Waals surface area contributed by atoms with Gasteiger partial charge in [0.05, 0.1) is 0 Å². The van der Waals surface area contributed by atoms with Crippen LogP contribution in [0, 0.1) is 5.92 Å². The van der Waals surface area contributed by atoms with Crippen molar-refractivity contribution < 1.29 is 0 Å². The lowest BCUT2D eigenvalue weighted by Gasteiger charge is -2.14. The smallest absolute Gasteiger partial charge is 0.0302 e. The van der Waals surface area contributed by atoms with Crippen LogP contribution in [-0.4, -0.2) is 13.1 Å². The van der Waals surface area contributed by atoms with Crippen LogP contribution in [0.2, 0.25) is 0 Å². The van der Waals surface area contributed by atoms with Crippen molar-refractivity contribution in [1.29, 1.82) is 0 Å². The van der Waals surface area contributed by atoms with Gasteiger partial charge in [-0.25, -0.2) is 0 Å². The number of thiophene rings is 1. The first-order valence-corrected chi connectivity index (χ1v) is 7.15. The molecular formula is C13H24N2S. The van der Waals surface area contributed by atoms with Crippen molar-refractivity contribution in [2.75, 3.05) is 13.1 Å². The lowest BCUT2D eigenvalue weighted by Crippen LogP contribution is -2.27. The number of aryl methyl sites for hydroxylation is 1. The fourth-order valence-corrected chi connectivity index (χ4v) is 2.88. The molecule has 0 aliphatic heterocycles. The Bertz CT molecular complexity index is 283. The first-order valence-electron chi connectivity index (χ1n) is 6.27. The maximum Gasteiger partial charge on any atom is 0.0302 e. The Balaban J connectivity index is 2.29. The molecule has 1 atom stereocenters. The van der Waals surface area contributed by atoms with Crippen molar-refractivity contribution >= 4 is 11.3 Å². The van der Waals surface area contributed by atoms with Crippen molar-refractivity contribution in [2.24, 2.45) is 11.7 Å². The molecule has 0 bridgehead atoms. The van der Waals surface area contributed by atoms with Crippen LogP contribution >= 0.6 is 11.3 Å². The zero-order valence-electron chi connectivity index (χ0n) is 10.5. The summed E-state index contributed by atoms with van der Waals surface area (Å²) in [6, 6.07) is 2.23. The van der Waals surface area contributed by atoms with E-state index in [4.69, 9.17) is 5.73 Å². The van der Waals surface area contributed by atoms with E-state index >= 15 is 0 Å². The highest BCUT2D eigenvalue weighted by molar-refractivity contribution is 7.10. The Morgan fingerprint density at radius 2 is 2.25 bits per heavy atom. The van der Waals surface area contributed by atoms with Crippen molar-refractivity contribution in [1.82, 2.24) is 5.32 Å². The van der Waals surface area contributed by atoms with Gasteiger partial charge in [0.2, 0.25) is 0 Å². The molecule has 3 heteroatoms. The minimum atomic E-state index is 0.634. The summed E-state index contributed by atoms with van der Waals surface area (Å²) in [6.07, 6.45) is 3.59. The third kappa shape index (κ3) is 4.24. The maximum atomic E-state index is 5.74. The van der Waals surface area contributed by atoms with Gasteiger partial charge in [-0.15, -0.1) is 11.3 Å². The molecule has 92 valence electrons. The highest BCUT2D eigenvalue weighted by atomic mass is 32.1. The molecular weight excluding hydrogens is 216 g/mol. The maximum absolute atomic E-state index is 5.74. The molecule has 2 nitrogen and oxygen atoms in total. The quantitative estimate of drug-likeness (QED) is 0.733. The van der Waals surface area contributed by atoms with E-state index in [0.29, 0.717) is 5.92 Å². The average Bonchev–Trinajstić information content (AvgIpc) is 2.75. The van der Waals surface area contributed by atoms with E-state index < -0.39 is 0 Å². The van der Waals surface area contributed by atoms with Crippen molar-refractivity contribution in [2.45, 2.75) is 39.7 Å². The van der Waals surface area contributed by atoms with E-state index in [1.807, 2.05) is 11.3 Å². The van der Waals surface area contributed by atoms with E-state index in [1.165, 1.54) is 23.3 Å². The summed E-state index contributed by atoms with van der Waals surface area (Å²) < 4.78 is 0. The van der Waals surface area contributed by atoms with Crippen LogP contribution in [-0.2, 0) is 13.0 Å². The number of nitrogens with two attached hydrogens (primary N) is 1. The molecule has 0 aliphatic carbocycles. The van der Waals surface area contributed by atoms with Gasteiger partial charge in [0, 0.05) is 11.4 Å². The van der Waals surface area contributed by atoms with Gasteiger partial charge in [0.1, 0.15) is 0 Å². The van der Waals surface area contributed by atoms with Crippen LogP contribution in [0.3, 0.4) is 0 Å². The molecule has 0 aliphatic rings. The van der Waals surface area contributed by atoms with Crippen LogP contribution in [0.1, 0.15) is 37.1 Å². The summed E-state index contributed by atoms with van der Waals surface area (Å²) in [5, 5.41) is 5.71. The topological polar surface area (TPSA) is 38.0 Å². The molecule has 0 saturated carbocycles. The Morgan fingerprint density at radius 3 is 2.88 bits per heavy atom. The predicted molar refractivity (Wildman–Crippen MR) is 72.9 cm³/mol. The van der Waals surface area contributed by atoms with E-state index in [0.717, 1.165) is 26.1 Å². The summed E-state index contributed by atoms with van der Waals surface area (Å²) in [7, 11) is 0. The fraction of sp³-hybridized carbons (Fsp3) is 0.692. The van der Waals surface area contributed by atoms with E-state index in [9.17, 15) is 0 Å². The summed E-state index contributed by atoms with van der Waals surface area (Å²) in [5.74, 6) is 0.634. The molecule has 0 aromatic carbocycles. The molecule has 1 rings (SSSR count). The molecule has 0 spiro atoms.